The Morgan fingerprint density at radius 2 is 1.88 bits per heavy atom. The summed E-state index contributed by atoms with van der Waals surface area (Å²) in [4.78, 5) is 37.1. The summed E-state index contributed by atoms with van der Waals surface area (Å²) in [6.45, 7) is -0.184. The van der Waals surface area contributed by atoms with Gasteiger partial charge in [0, 0.05) is 38.3 Å². The largest absolute Gasteiger partial charge is 0.406 e. The first-order valence-corrected chi connectivity index (χ1v) is 7.56. The van der Waals surface area contributed by atoms with Gasteiger partial charge in [-0.1, -0.05) is 0 Å². The molecule has 1 heterocycles. The number of carbonyl (C=O) groups excluding carboxylic acids is 3. The van der Waals surface area contributed by atoms with E-state index in [2.05, 4.69) is 5.32 Å². The minimum absolute atomic E-state index is 0.147. The van der Waals surface area contributed by atoms with Crippen molar-refractivity contribution >= 4 is 29.1 Å². The van der Waals surface area contributed by atoms with Gasteiger partial charge in [-0.15, -0.1) is 0 Å². The second kappa shape index (κ2) is 7.12. The molecule has 0 spiro atoms. The van der Waals surface area contributed by atoms with E-state index in [4.69, 9.17) is 0 Å². The fourth-order valence-corrected chi connectivity index (χ4v) is 2.51. The molecule has 1 aliphatic heterocycles. The van der Waals surface area contributed by atoms with Gasteiger partial charge in [0.2, 0.25) is 17.7 Å². The molecule has 1 aromatic carbocycles. The normalized spacial score (nSPS) is 17.6. The highest BCUT2D eigenvalue weighted by Gasteiger charge is 2.40. The summed E-state index contributed by atoms with van der Waals surface area (Å²) in [5, 5.41) is 2.58. The zero-order valence-corrected chi connectivity index (χ0v) is 13.8. The molecule has 1 fully saturated rings. The number of benzene rings is 1. The van der Waals surface area contributed by atoms with Gasteiger partial charge in [0.05, 0.1) is 5.92 Å². The number of nitrogens with one attached hydrogen (secondary N) is 1. The van der Waals surface area contributed by atoms with Crippen LogP contribution in [0.25, 0.3) is 0 Å². The van der Waals surface area contributed by atoms with Crippen molar-refractivity contribution in [1.29, 1.82) is 0 Å². The van der Waals surface area contributed by atoms with E-state index in [1.165, 1.54) is 11.8 Å². The predicted octanol–water partition coefficient (Wildman–Crippen LogP) is 2.02. The molecule has 0 saturated carbocycles. The van der Waals surface area contributed by atoms with Crippen LogP contribution >= 0.6 is 0 Å². The maximum absolute atomic E-state index is 12.4. The number of halogens is 3. The first-order valence-electron chi connectivity index (χ1n) is 7.56. The van der Waals surface area contributed by atoms with Gasteiger partial charge in [0.1, 0.15) is 6.54 Å². The molecule has 1 atom stereocenters. The number of likely N-dealkylation sites (tertiary alicyclic amines) is 1. The lowest BCUT2D eigenvalue weighted by molar-refractivity contribution is -0.157. The monoisotopic (exact) mass is 357 g/mol. The van der Waals surface area contributed by atoms with Crippen molar-refractivity contribution in [2.45, 2.75) is 19.5 Å². The predicted molar refractivity (Wildman–Crippen MR) is 84.9 cm³/mol. The van der Waals surface area contributed by atoms with Gasteiger partial charge in [-0.3, -0.25) is 14.4 Å². The molecule has 0 radical (unpaired) electrons. The van der Waals surface area contributed by atoms with Gasteiger partial charge >= 0.3 is 6.18 Å². The second-order valence-corrected chi connectivity index (χ2v) is 5.90. The van der Waals surface area contributed by atoms with Crippen molar-refractivity contribution < 1.29 is 27.6 Å². The summed E-state index contributed by atoms with van der Waals surface area (Å²) in [5.74, 6) is -2.16. The van der Waals surface area contributed by atoms with Gasteiger partial charge in [0.25, 0.3) is 0 Å². The molecule has 25 heavy (non-hydrogen) atoms. The zero-order chi connectivity index (χ0) is 18.8. The number of rotatable bonds is 4. The number of carbonyl (C=O) groups is 3. The van der Waals surface area contributed by atoms with Crippen LogP contribution in [0.5, 0.6) is 0 Å². The number of hydrogen-bond acceptors (Lipinski definition) is 3. The molecule has 1 aromatic rings. The summed E-state index contributed by atoms with van der Waals surface area (Å²) in [7, 11) is 1.61. The highest BCUT2D eigenvalue weighted by Crippen LogP contribution is 2.25. The van der Waals surface area contributed by atoms with Crippen LogP contribution < -0.4 is 10.2 Å². The van der Waals surface area contributed by atoms with E-state index in [0.717, 1.165) is 0 Å². The standard InChI is InChI=1S/C16H18F3N3O3/c1-10(23)21(2)13-5-3-12(4-6-13)20-15(25)11-7-14(24)22(8-11)9-16(17,18)19/h3-6,11H,7-9H2,1-2H3,(H,20,25). The van der Waals surface area contributed by atoms with Gasteiger partial charge in [-0.2, -0.15) is 13.2 Å². The molecule has 2 rings (SSSR count). The average molecular weight is 357 g/mol. The van der Waals surface area contributed by atoms with E-state index in [9.17, 15) is 27.6 Å². The van der Waals surface area contributed by atoms with Crippen LogP contribution in [0, 0.1) is 5.92 Å². The molecule has 6 nitrogen and oxygen atoms in total. The molecule has 1 unspecified atom stereocenters. The Labute approximate surface area is 142 Å². The Morgan fingerprint density at radius 3 is 2.40 bits per heavy atom. The Bertz CT molecular complexity index is 673. The maximum Gasteiger partial charge on any atom is 0.406 e. The smallest absolute Gasteiger partial charge is 0.333 e. The molecule has 0 aromatic heterocycles. The van der Waals surface area contributed by atoms with Crippen molar-refractivity contribution in [3.05, 3.63) is 24.3 Å². The second-order valence-electron chi connectivity index (χ2n) is 5.90. The van der Waals surface area contributed by atoms with E-state index in [1.807, 2.05) is 0 Å². The number of anilines is 2. The summed E-state index contributed by atoms with van der Waals surface area (Å²) in [5.41, 5.74) is 1.07. The van der Waals surface area contributed by atoms with E-state index in [-0.39, 0.29) is 18.9 Å². The molecule has 136 valence electrons. The third-order valence-corrected chi connectivity index (χ3v) is 3.95. The number of hydrogen-bond donors (Lipinski definition) is 1. The summed E-state index contributed by atoms with van der Waals surface area (Å²) >= 11 is 0. The third-order valence-electron chi connectivity index (χ3n) is 3.95. The van der Waals surface area contributed by atoms with Crippen molar-refractivity contribution in [3.63, 3.8) is 0 Å². The molecular weight excluding hydrogens is 339 g/mol. The van der Waals surface area contributed by atoms with E-state index in [0.29, 0.717) is 16.3 Å². The number of amides is 3. The van der Waals surface area contributed by atoms with Crippen LogP contribution in [-0.4, -0.2) is 48.9 Å². The summed E-state index contributed by atoms with van der Waals surface area (Å²) in [6.07, 6.45) is -4.73. The lowest BCUT2D eigenvalue weighted by Gasteiger charge is -2.18. The van der Waals surface area contributed by atoms with E-state index < -0.39 is 30.5 Å². The fourth-order valence-electron chi connectivity index (χ4n) is 2.51. The molecule has 3 amide bonds. The van der Waals surface area contributed by atoms with Crippen molar-refractivity contribution in [2.75, 3.05) is 30.4 Å². The highest BCUT2D eigenvalue weighted by molar-refractivity contribution is 5.97. The SMILES string of the molecule is CC(=O)N(C)c1ccc(NC(=O)C2CC(=O)N(CC(F)(F)F)C2)cc1. The Kier molecular flexibility index (Phi) is 5.34. The van der Waals surface area contributed by atoms with Crippen molar-refractivity contribution in [3.8, 4) is 0 Å². The van der Waals surface area contributed by atoms with Crippen LogP contribution in [0.1, 0.15) is 13.3 Å². The van der Waals surface area contributed by atoms with Crippen LogP contribution in [0.3, 0.4) is 0 Å². The molecule has 1 aliphatic rings. The van der Waals surface area contributed by atoms with Gasteiger partial charge in [0.15, 0.2) is 0 Å². The minimum atomic E-state index is -4.49. The molecular formula is C16H18F3N3O3. The third kappa shape index (κ3) is 4.94. The molecule has 0 aliphatic carbocycles. The van der Waals surface area contributed by atoms with Crippen LogP contribution in [0.4, 0.5) is 24.5 Å². The lowest BCUT2D eigenvalue weighted by atomic mass is 10.1. The highest BCUT2D eigenvalue weighted by atomic mass is 19.4. The molecule has 1 saturated heterocycles. The summed E-state index contributed by atoms with van der Waals surface area (Å²) in [6, 6.07) is 6.42. The van der Waals surface area contributed by atoms with Crippen molar-refractivity contribution in [1.82, 2.24) is 4.90 Å². The van der Waals surface area contributed by atoms with Crippen molar-refractivity contribution in [2.24, 2.45) is 5.92 Å². The average Bonchev–Trinajstić information content (AvgIpc) is 2.86. The topological polar surface area (TPSA) is 69.7 Å². The number of nitrogens with zero attached hydrogens (tertiary/aromatic N) is 2. The van der Waals surface area contributed by atoms with Gasteiger partial charge < -0.3 is 15.1 Å². The summed E-state index contributed by atoms with van der Waals surface area (Å²) < 4.78 is 37.2. The van der Waals surface area contributed by atoms with Crippen LogP contribution in [0.2, 0.25) is 0 Å². The van der Waals surface area contributed by atoms with Gasteiger partial charge in [-0.05, 0) is 24.3 Å². The zero-order valence-electron chi connectivity index (χ0n) is 13.8. The first kappa shape index (κ1) is 18.8. The first-order chi connectivity index (χ1) is 11.6. The van der Waals surface area contributed by atoms with Crippen LogP contribution in [-0.2, 0) is 14.4 Å². The number of alkyl halides is 3. The fraction of sp³-hybridized carbons (Fsp3) is 0.438. The lowest BCUT2D eigenvalue weighted by Crippen LogP contribution is -2.36. The Balaban J connectivity index is 1.96. The van der Waals surface area contributed by atoms with E-state index >= 15 is 0 Å². The molecule has 9 heteroatoms. The van der Waals surface area contributed by atoms with E-state index in [1.54, 1.807) is 31.3 Å². The molecule has 0 bridgehead atoms. The Hall–Kier alpha value is -2.58. The quantitative estimate of drug-likeness (QED) is 0.896. The Morgan fingerprint density at radius 1 is 1.28 bits per heavy atom. The molecule has 1 N–H and O–H groups in total. The van der Waals surface area contributed by atoms with Gasteiger partial charge in [-0.25, -0.2) is 0 Å². The maximum atomic E-state index is 12.4. The minimum Gasteiger partial charge on any atom is -0.333 e. The van der Waals surface area contributed by atoms with Crippen LogP contribution in [0.15, 0.2) is 24.3 Å².